The van der Waals surface area contributed by atoms with Crippen LogP contribution in [0.5, 0.6) is 11.5 Å². The number of carbonyl (C=O) groups excluding carboxylic acids is 1. The van der Waals surface area contributed by atoms with Crippen LogP contribution in [0.3, 0.4) is 0 Å². The highest BCUT2D eigenvalue weighted by Gasteiger charge is 2.56. The number of fused-ring (bicyclic) bond motifs is 3. The number of morpholine rings is 1. The van der Waals surface area contributed by atoms with Gasteiger partial charge in [0.05, 0.1) is 32.5 Å². The van der Waals surface area contributed by atoms with Gasteiger partial charge >= 0.3 is 6.09 Å². The molecule has 2 saturated heterocycles. The summed E-state index contributed by atoms with van der Waals surface area (Å²) in [6.45, 7) is 16.5. The zero-order valence-corrected chi connectivity index (χ0v) is 23.0. The summed E-state index contributed by atoms with van der Waals surface area (Å²) in [7, 11) is 0. The first-order valence-corrected chi connectivity index (χ1v) is 13.3. The molecule has 3 heterocycles. The van der Waals surface area contributed by atoms with Gasteiger partial charge in [-0.3, -0.25) is 0 Å². The third-order valence-corrected chi connectivity index (χ3v) is 7.31. The summed E-state index contributed by atoms with van der Waals surface area (Å²) in [5.74, 6) is 1.60. The zero-order chi connectivity index (χ0) is 26.1. The summed E-state index contributed by atoms with van der Waals surface area (Å²) >= 11 is 0. The van der Waals surface area contributed by atoms with E-state index in [9.17, 15) is 4.79 Å². The lowest BCUT2D eigenvalue weighted by atomic mass is 9.69. The molecule has 0 N–H and O–H groups in total. The Hall–Kier alpha value is -2.25. The van der Waals surface area contributed by atoms with Crippen LogP contribution in [-0.4, -0.2) is 60.7 Å². The molecule has 3 aliphatic rings. The monoisotopic (exact) mass is 501 g/mol. The van der Waals surface area contributed by atoms with Gasteiger partial charge in [0.25, 0.3) is 0 Å². The molecule has 2 fully saturated rings. The highest BCUT2D eigenvalue weighted by molar-refractivity contribution is 5.68. The van der Waals surface area contributed by atoms with Crippen molar-refractivity contribution >= 4 is 6.09 Å². The van der Waals surface area contributed by atoms with Crippen molar-refractivity contribution in [2.45, 2.75) is 90.6 Å². The molecule has 1 amide bonds. The van der Waals surface area contributed by atoms with Gasteiger partial charge in [0, 0.05) is 18.0 Å². The van der Waals surface area contributed by atoms with Crippen LogP contribution in [-0.2, 0) is 14.2 Å². The Morgan fingerprint density at radius 3 is 2.75 bits per heavy atom. The minimum atomic E-state index is -0.591. The predicted octanol–water partition coefficient (Wildman–Crippen LogP) is 6.07. The molecule has 0 bridgehead atoms. The zero-order valence-electron chi connectivity index (χ0n) is 23.0. The first-order chi connectivity index (χ1) is 17.0. The lowest BCUT2D eigenvalue weighted by molar-refractivity contribution is -0.231. The molecule has 1 spiro atoms. The van der Waals surface area contributed by atoms with Crippen molar-refractivity contribution in [3.05, 3.63) is 35.4 Å². The van der Waals surface area contributed by atoms with Gasteiger partial charge in [0.2, 0.25) is 0 Å². The van der Waals surface area contributed by atoms with E-state index in [1.54, 1.807) is 4.90 Å². The van der Waals surface area contributed by atoms with Crippen LogP contribution in [0.15, 0.2) is 29.8 Å². The largest absolute Gasteiger partial charge is 0.490 e. The molecule has 4 rings (SSSR count). The Balaban J connectivity index is 1.63. The summed E-state index contributed by atoms with van der Waals surface area (Å²) in [5.41, 5.74) is 0.704. The molecule has 4 atom stereocenters. The van der Waals surface area contributed by atoms with Gasteiger partial charge in [-0.15, -0.1) is 0 Å². The standard InChI is InChI=1S/C29H43NO6/c1-8-32-23-13-9-12-21-24-22(28(7,35-25(21)23)14-10-11-20(2)3)17-29(19-33-24)18-30(15-16-34-29)26(31)36-27(4,5)6/h9,11-13,22,24H,8,10,14-19H2,1-7H3/t22-,24+,28+,29-/m0/s1. The number of rotatable bonds is 5. The fourth-order valence-electron chi connectivity index (χ4n) is 5.63. The molecular weight excluding hydrogens is 458 g/mol. The molecule has 7 nitrogen and oxygen atoms in total. The van der Waals surface area contributed by atoms with Gasteiger partial charge in [0.15, 0.2) is 11.5 Å². The van der Waals surface area contributed by atoms with Crippen LogP contribution < -0.4 is 9.47 Å². The summed E-state index contributed by atoms with van der Waals surface area (Å²) in [5, 5.41) is 0. The third-order valence-electron chi connectivity index (χ3n) is 7.31. The Bertz CT molecular complexity index is 980. The first kappa shape index (κ1) is 26.8. The number of allylic oxidation sites excluding steroid dienone is 2. The van der Waals surface area contributed by atoms with E-state index in [1.165, 1.54) is 5.57 Å². The summed E-state index contributed by atoms with van der Waals surface area (Å²) in [4.78, 5) is 14.6. The molecular formula is C29H43NO6. The Morgan fingerprint density at radius 2 is 2.06 bits per heavy atom. The number of hydrogen-bond acceptors (Lipinski definition) is 6. The van der Waals surface area contributed by atoms with E-state index in [1.807, 2.05) is 39.8 Å². The van der Waals surface area contributed by atoms with Gasteiger partial charge in [-0.2, -0.15) is 0 Å². The second kappa shape index (κ2) is 10.3. The van der Waals surface area contributed by atoms with Crippen LogP contribution in [0.25, 0.3) is 0 Å². The van der Waals surface area contributed by atoms with Crippen LogP contribution in [0.1, 0.15) is 79.4 Å². The maximum Gasteiger partial charge on any atom is 0.410 e. The molecule has 1 aromatic rings. The molecule has 200 valence electrons. The second-order valence-corrected chi connectivity index (χ2v) is 11.8. The van der Waals surface area contributed by atoms with Gasteiger partial charge in [-0.1, -0.05) is 23.8 Å². The minimum absolute atomic E-state index is 0.0553. The van der Waals surface area contributed by atoms with Crippen molar-refractivity contribution < 1.29 is 28.5 Å². The van der Waals surface area contributed by atoms with Crippen LogP contribution in [0.4, 0.5) is 4.79 Å². The number of amides is 1. The van der Waals surface area contributed by atoms with Gasteiger partial charge in [-0.05, 0) is 73.8 Å². The van der Waals surface area contributed by atoms with Crippen molar-refractivity contribution in [1.82, 2.24) is 4.90 Å². The molecule has 0 radical (unpaired) electrons. The SMILES string of the molecule is CCOc1cccc2c1O[C@](C)(CCC=C(C)C)[C@H]1C[C@@]3(CO[C@H]21)CN(C(=O)OC(C)(C)C)CCO3. The van der Waals surface area contributed by atoms with E-state index in [0.717, 1.165) is 36.3 Å². The molecule has 0 aromatic heterocycles. The van der Waals surface area contributed by atoms with Crippen molar-refractivity contribution in [2.75, 3.05) is 32.9 Å². The van der Waals surface area contributed by atoms with E-state index in [2.05, 4.69) is 32.9 Å². The van der Waals surface area contributed by atoms with E-state index in [4.69, 9.17) is 23.7 Å². The fourth-order valence-corrected chi connectivity index (χ4v) is 5.63. The van der Waals surface area contributed by atoms with Crippen LogP contribution in [0.2, 0.25) is 0 Å². The Labute approximate surface area is 216 Å². The van der Waals surface area contributed by atoms with Gasteiger partial charge in [-0.25, -0.2) is 4.79 Å². The molecule has 0 saturated carbocycles. The highest BCUT2D eigenvalue weighted by atomic mass is 16.6. The van der Waals surface area contributed by atoms with E-state index >= 15 is 0 Å². The maximum atomic E-state index is 12.9. The van der Waals surface area contributed by atoms with Crippen molar-refractivity contribution in [3.8, 4) is 11.5 Å². The van der Waals surface area contributed by atoms with E-state index in [0.29, 0.717) is 32.9 Å². The smallest absolute Gasteiger partial charge is 0.410 e. The number of carbonyl (C=O) groups is 1. The maximum absolute atomic E-state index is 12.9. The van der Waals surface area contributed by atoms with Gasteiger partial charge in [0.1, 0.15) is 16.8 Å². The Kier molecular flexibility index (Phi) is 7.63. The summed E-state index contributed by atoms with van der Waals surface area (Å²) < 4.78 is 31.4. The molecule has 0 unspecified atom stereocenters. The minimum Gasteiger partial charge on any atom is -0.490 e. The van der Waals surface area contributed by atoms with Gasteiger partial charge < -0.3 is 28.6 Å². The Morgan fingerprint density at radius 1 is 1.28 bits per heavy atom. The average Bonchev–Trinajstić information content (AvgIpc) is 2.79. The highest BCUT2D eigenvalue weighted by Crippen LogP contribution is 2.55. The average molecular weight is 502 g/mol. The van der Waals surface area contributed by atoms with Crippen molar-refractivity contribution in [1.29, 1.82) is 0 Å². The predicted molar refractivity (Wildman–Crippen MR) is 139 cm³/mol. The van der Waals surface area contributed by atoms with E-state index in [-0.39, 0.29) is 18.1 Å². The number of benzene rings is 1. The number of nitrogens with zero attached hydrogens (tertiary/aromatic N) is 1. The molecule has 1 aromatic carbocycles. The second-order valence-electron chi connectivity index (χ2n) is 11.8. The number of ether oxygens (including phenoxy) is 5. The lowest BCUT2D eigenvalue weighted by Gasteiger charge is -2.55. The quantitative estimate of drug-likeness (QED) is 0.457. The topological polar surface area (TPSA) is 66.5 Å². The number of hydrogen-bond donors (Lipinski definition) is 0. The number of para-hydroxylation sites is 1. The summed E-state index contributed by atoms with van der Waals surface area (Å²) in [6, 6.07) is 6.05. The molecule has 7 heteroatoms. The first-order valence-electron chi connectivity index (χ1n) is 13.3. The third kappa shape index (κ3) is 5.67. The van der Waals surface area contributed by atoms with Crippen molar-refractivity contribution in [3.63, 3.8) is 0 Å². The molecule has 36 heavy (non-hydrogen) atoms. The lowest BCUT2D eigenvalue weighted by Crippen LogP contribution is -2.63. The van der Waals surface area contributed by atoms with E-state index < -0.39 is 16.8 Å². The fraction of sp³-hybridized carbons (Fsp3) is 0.690. The normalized spacial score (nSPS) is 29.6. The molecule has 0 aliphatic carbocycles. The summed E-state index contributed by atoms with van der Waals surface area (Å²) in [6.07, 6.45) is 4.32. The van der Waals surface area contributed by atoms with Crippen molar-refractivity contribution in [2.24, 2.45) is 5.92 Å². The molecule has 3 aliphatic heterocycles. The van der Waals surface area contributed by atoms with Crippen LogP contribution >= 0.6 is 0 Å². The van der Waals surface area contributed by atoms with Crippen LogP contribution in [0, 0.1) is 5.92 Å².